The van der Waals surface area contributed by atoms with Crippen molar-refractivity contribution in [3.05, 3.63) is 82.3 Å². The lowest BCUT2D eigenvalue weighted by Gasteiger charge is -2.31. The molecule has 3 aromatic rings. The highest BCUT2D eigenvalue weighted by Gasteiger charge is 2.23. The Labute approximate surface area is 202 Å². The van der Waals surface area contributed by atoms with Crippen LogP contribution in [0.1, 0.15) is 41.5 Å². The van der Waals surface area contributed by atoms with Gasteiger partial charge < -0.3 is 14.4 Å². The molecule has 1 N–H and O–H groups in total. The van der Waals surface area contributed by atoms with Gasteiger partial charge in [0.15, 0.2) is 0 Å². The van der Waals surface area contributed by atoms with Gasteiger partial charge in [-0.2, -0.15) is 0 Å². The fourth-order valence-corrected chi connectivity index (χ4v) is 4.20. The average Bonchev–Trinajstić information content (AvgIpc) is 3.17. The van der Waals surface area contributed by atoms with Crippen molar-refractivity contribution in [2.45, 2.75) is 31.9 Å². The zero-order valence-corrected chi connectivity index (χ0v) is 19.6. The summed E-state index contributed by atoms with van der Waals surface area (Å²) in [5.41, 5.74) is 2.17. The van der Waals surface area contributed by atoms with Gasteiger partial charge in [0, 0.05) is 41.4 Å². The van der Waals surface area contributed by atoms with E-state index in [0.29, 0.717) is 28.9 Å². The Kier molecular flexibility index (Phi) is 7.59. The Morgan fingerprint density at radius 1 is 1.29 bits per heavy atom. The Balaban J connectivity index is 1.32. The first-order valence-electron chi connectivity index (χ1n) is 11.1. The highest BCUT2D eigenvalue weighted by Crippen LogP contribution is 2.29. The summed E-state index contributed by atoms with van der Waals surface area (Å²) in [5.74, 6) is 0.317. The summed E-state index contributed by atoms with van der Waals surface area (Å²) in [5, 5.41) is 9.17. The fourth-order valence-electron chi connectivity index (χ4n) is 4.04. The number of piperidine rings is 1. The number of carboxylic acid groups (broad SMARTS) is 1. The third kappa shape index (κ3) is 6.01. The van der Waals surface area contributed by atoms with Gasteiger partial charge in [-0.3, -0.25) is 4.90 Å². The van der Waals surface area contributed by atoms with Gasteiger partial charge in [-0.05, 0) is 50.2 Å². The van der Waals surface area contributed by atoms with E-state index in [2.05, 4.69) is 14.9 Å². The van der Waals surface area contributed by atoms with Crippen LogP contribution in [0.3, 0.4) is 0 Å². The van der Waals surface area contributed by atoms with Crippen molar-refractivity contribution in [3.8, 4) is 5.88 Å². The molecule has 1 saturated heterocycles. The van der Waals surface area contributed by atoms with Crippen LogP contribution in [0.5, 0.6) is 5.88 Å². The van der Waals surface area contributed by atoms with Crippen LogP contribution < -0.4 is 4.74 Å². The topological polar surface area (TPSA) is 80.5 Å². The largest absolute Gasteiger partial charge is 0.478 e. The maximum atomic E-state index is 14.0. The number of imidazole rings is 1. The van der Waals surface area contributed by atoms with Gasteiger partial charge in [0.05, 0.1) is 18.4 Å². The molecule has 1 aliphatic rings. The zero-order chi connectivity index (χ0) is 24.1. The normalized spacial score (nSPS) is 15.1. The summed E-state index contributed by atoms with van der Waals surface area (Å²) in [6, 6.07) is 10.2. The molecule has 1 fully saturated rings. The number of benzene rings is 1. The SMILES string of the molecule is Cn1c(/C=C\C(=O)O)cnc1CN1CCC(c2cccc(OCc3ccc(Cl)cc3F)n2)CC1. The fraction of sp³-hybridized carbons (Fsp3) is 0.320. The molecule has 1 aliphatic heterocycles. The van der Waals surface area contributed by atoms with Gasteiger partial charge in [-0.1, -0.05) is 23.7 Å². The van der Waals surface area contributed by atoms with Crippen LogP contribution in [0.4, 0.5) is 4.39 Å². The zero-order valence-electron chi connectivity index (χ0n) is 18.8. The smallest absolute Gasteiger partial charge is 0.328 e. The van der Waals surface area contributed by atoms with E-state index in [1.165, 1.54) is 6.07 Å². The Morgan fingerprint density at radius 2 is 2.09 bits per heavy atom. The maximum Gasteiger partial charge on any atom is 0.328 e. The number of rotatable bonds is 8. The second-order valence-electron chi connectivity index (χ2n) is 8.31. The highest BCUT2D eigenvalue weighted by atomic mass is 35.5. The van der Waals surface area contributed by atoms with Crippen molar-refractivity contribution in [1.82, 2.24) is 19.4 Å². The summed E-state index contributed by atoms with van der Waals surface area (Å²) in [7, 11) is 1.89. The van der Waals surface area contributed by atoms with Crippen molar-refractivity contribution in [3.63, 3.8) is 0 Å². The molecule has 0 atom stereocenters. The van der Waals surface area contributed by atoms with E-state index in [-0.39, 0.29) is 6.61 Å². The molecular weight excluding hydrogens is 459 g/mol. The quantitative estimate of drug-likeness (QED) is 0.468. The van der Waals surface area contributed by atoms with E-state index in [9.17, 15) is 9.18 Å². The second kappa shape index (κ2) is 10.8. The van der Waals surface area contributed by atoms with Crippen LogP contribution in [-0.4, -0.2) is 43.6 Å². The Morgan fingerprint density at radius 3 is 2.82 bits per heavy atom. The van der Waals surface area contributed by atoms with Gasteiger partial charge >= 0.3 is 5.97 Å². The van der Waals surface area contributed by atoms with E-state index in [0.717, 1.165) is 49.2 Å². The van der Waals surface area contributed by atoms with Crippen molar-refractivity contribution < 1.29 is 19.0 Å². The number of aliphatic carboxylic acids is 1. The minimum Gasteiger partial charge on any atom is -0.478 e. The van der Waals surface area contributed by atoms with Gasteiger partial charge in [-0.25, -0.2) is 19.2 Å². The Hall–Kier alpha value is -3.23. The number of ether oxygens (including phenoxy) is 1. The molecule has 0 amide bonds. The summed E-state index contributed by atoms with van der Waals surface area (Å²) in [6.07, 6.45) is 6.26. The molecule has 0 unspecified atom stereocenters. The number of hydrogen-bond donors (Lipinski definition) is 1. The van der Waals surface area contributed by atoms with E-state index in [1.54, 1.807) is 30.5 Å². The molecular formula is C25H26ClFN4O3. The molecule has 0 aliphatic carbocycles. The summed E-state index contributed by atoms with van der Waals surface area (Å²) in [6.45, 7) is 2.60. The molecule has 0 radical (unpaired) electrons. The van der Waals surface area contributed by atoms with Crippen LogP contribution >= 0.6 is 11.6 Å². The molecule has 9 heteroatoms. The second-order valence-corrected chi connectivity index (χ2v) is 8.74. The Bertz CT molecular complexity index is 1190. The van der Waals surface area contributed by atoms with Crippen LogP contribution in [-0.2, 0) is 25.0 Å². The first-order chi connectivity index (χ1) is 16.4. The minimum absolute atomic E-state index is 0.0885. The lowest BCUT2D eigenvalue weighted by molar-refractivity contribution is -0.131. The first kappa shape index (κ1) is 23.9. The van der Waals surface area contributed by atoms with Gasteiger partial charge in [0.2, 0.25) is 5.88 Å². The predicted molar refractivity (Wildman–Crippen MR) is 127 cm³/mol. The van der Waals surface area contributed by atoms with Crippen LogP contribution in [0.25, 0.3) is 6.08 Å². The molecule has 34 heavy (non-hydrogen) atoms. The number of nitrogens with zero attached hydrogens (tertiary/aromatic N) is 4. The molecule has 178 valence electrons. The third-order valence-corrected chi connectivity index (χ3v) is 6.26. The van der Waals surface area contributed by atoms with E-state index in [1.807, 2.05) is 23.7 Å². The molecule has 1 aromatic carbocycles. The third-order valence-electron chi connectivity index (χ3n) is 6.02. The maximum absolute atomic E-state index is 14.0. The van der Waals surface area contributed by atoms with E-state index >= 15 is 0 Å². The minimum atomic E-state index is -0.981. The van der Waals surface area contributed by atoms with Crippen molar-refractivity contribution in [2.24, 2.45) is 7.05 Å². The summed E-state index contributed by atoms with van der Waals surface area (Å²) in [4.78, 5) is 22.2. The highest BCUT2D eigenvalue weighted by molar-refractivity contribution is 6.30. The van der Waals surface area contributed by atoms with Crippen molar-refractivity contribution >= 4 is 23.6 Å². The molecule has 0 spiro atoms. The first-order valence-corrected chi connectivity index (χ1v) is 11.4. The van der Waals surface area contributed by atoms with E-state index < -0.39 is 11.8 Å². The average molecular weight is 485 g/mol. The number of likely N-dealkylation sites (tertiary alicyclic amines) is 1. The van der Waals surface area contributed by atoms with E-state index in [4.69, 9.17) is 21.4 Å². The number of aromatic nitrogens is 3. The predicted octanol–water partition coefficient (Wildman–Crippen LogP) is 4.66. The standard InChI is InChI=1S/C25H26ClFN4O3/c1-30-20(7-8-25(32)33)14-28-23(30)15-31-11-9-17(10-12-31)22-3-2-4-24(29-22)34-16-18-5-6-19(26)13-21(18)27/h2-8,13-14,17H,9-12,15-16H2,1H3,(H,32,33)/b8-7-. The summed E-state index contributed by atoms with van der Waals surface area (Å²) >= 11 is 5.80. The van der Waals surface area contributed by atoms with Gasteiger partial charge in [0.25, 0.3) is 0 Å². The molecule has 7 nitrogen and oxygen atoms in total. The number of hydrogen-bond acceptors (Lipinski definition) is 5. The molecule has 0 saturated carbocycles. The number of halogens is 2. The number of carbonyl (C=O) groups is 1. The number of carboxylic acids is 1. The van der Waals surface area contributed by atoms with Crippen molar-refractivity contribution in [1.29, 1.82) is 0 Å². The molecule has 4 rings (SSSR count). The van der Waals surface area contributed by atoms with Crippen LogP contribution in [0.15, 0.2) is 48.7 Å². The lowest BCUT2D eigenvalue weighted by atomic mass is 9.93. The monoisotopic (exact) mass is 484 g/mol. The van der Waals surface area contributed by atoms with Crippen molar-refractivity contribution in [2.75, 3.05) is 13.1 Å². The number of pyridine rings is 1. The van der Waals surface area contributed by atoms with Gasteiger partial charge in [-0.15, -0.1) is 0 Å². The summed E-state index contributed by atoms with van der Waals surface area (Å²) < 4.78 is 21.6. The van der Waals surface area contributed by atoms with Crippen LogP contribution in [0.2, 0.25) is 5.02 Å². The molecule has 3 heterocycles. The molecule has 0 bridgehead atoms. The lowest BCUT2D eigenvalue weighted by Crippen LogP contribution is -2.33. The van der Waals surface area contributed by atoms with Gasteiger partial charge in [0.1, 0.15) is 18.2 Å². The molecule has 2 aromatic heterocycles. The van der Waals surface area contributed by atoms with Crippen LogP contribution in [0, 0.1) is 5.82 Å².